The lowest BCUT2D eigenvalue weighted by molar-refractivity contribution is 0.189. The van der Waals surface area contributed by atoms with Gasteiger partial charge >= 0.3 is 6.03 Å². The minimum Gasteiger partial charge on any atom is -0.379 e. The predicted molar refractivity (Wildman–Crippen MR) is 112 cm³/mol. The van der Waals surface area contributed by atoms with E-state index in [0.29, 0.717) is 23.3 Å². The molecule has 2 aliphatic heterocycles. The normalized spacial score (nSPS) is 22.0. The smallest absolute Gasteiger partial charge is 0.319 e. The summed E-state index contributed by atoms with van der Waals surface area (Å²) in [6.07, 6.45) is 0.847. The van der Waals surface area contributed by atoms with Crippen LogP contribution in [0, 0.1) is 0 Å². The molecule has 148 valence electrons. The molecule has 2 aliphatic rings. The monoisotopic (exact) mass is 419 g/mol. The van der Waals surface area contributed by atoms with Gasteiger partial charge in [0, 0.05) is 41.3 Å². The summed E-state index contributed by atoms with van der Waals surface area (Å²) >= 11 is 12.7. The van der Waals surface area contributed by atoms with Gasteiger partial charge in [0.15, 0.2) is 0 Å². The summed E-state index contributed by atoms with van der Waals surface area (Å²) in [7, 11) is 2.08. The second-order valence-corrected chi connectivity index (χ2v) is 8.33. The molecule has 1 saturated heterocycles. The Hall–Kier alpha value is -1.79. The van der Waals surface area contributed by atoms with Crippen LogP contribution in [-0.4, -0.2) is 43.8 Å². The quantitative estimate of drug-likeness (QED) is 0.770. The number of ether oxygens (including phenoxy) is 1. The molecule has 2 N–H and O–H groups in total. The van der Waals surface area contributed by atoms with Crippen molar-refractivity contribution in [3.8, 4) is 0 Å². The fourth-order valence-electron chi connectivity index (χ4n) is 3.96. The number of halogens is 2. The van der Waals surface area contributed by atoms with Crippen LogP contribution in [0.15, 0.2) is 36.4 Å². The maximum atomic E-state index is 12.3. The third kappa shape index (κ3) is 4.28. The summed E-state index contributed by atoms with van der Waals surface area (Å²) in [6.45, 7) is 2.92. The Bertz CT molecular complexity index is 884. The Balaban J connectivity index is 1.57. The van der Waals surface area contributed by atoms with Gasteiger partial charge in [-0.1, -0.05) is 35.3 Å². The zero-order chi connectivity index (χ0) is 19.7. The van der Waals surface area contributed by atoms with Crippen LogP contribution in [0.5, 0.6) is 0 Å². The molecular weight excluding hydrogens is 397 g/mol. The van der Waals surface area contributed by atoms with Crippen molar-refractivity contribution in [2.75, 3.05) is 32.1 Å². The highest BCUT2D eigenvalue weighted by Crippen LogP contribution is 2.38. The van der Waals surface area contributed by atoms with E-state index in [1.165, 1.54) is 0 Å². The molecule has 0 aliphatic carbocycles. The predicted octanol–water partition coefficient (Wildman–Crippen LogP) is 4.48. The van der Waals surface area contributed by atoms with Crippen LogP contribution in [0.1, 0.15) is 29.0 Å². The minimum absolute atomic E-state index is 0.0753. The van der Waals surface area contributed by atoms with Gasteiger partial charge in [-0.3, -0.25) is 0 Å². The molecule has 0 radical (unpaired) electrons. The number of fused-ring (bicyclic) bond motifs is 1. The summed E-state index contributed by atoms with van der Waals surface area (Å²) in [5, 5.41) is 7.23. The average molecular weight is 420 g/mol. The number of nitrogens with one attached hydrogen (secondary N) is 2. The average Bonchev–Trinajstić information content (AvgIpc) is 3.15. The van der Waals surface area contributed by atoms with Crippen molar-refractivity contribution in [3.05, 3.63) is 63.1 Å². The molecule has 2 aromatic carbocycles. The first-order valence-electron chi connectivity index (χ1n) is 9.41. The Morgan fingerprint density at radius 3 is 2.89 bits per heavy atom. The molecule has 4 rings (SSSR count). The first-order valence-corrected chi connectivity index (χ1v) is 10.2. The van der Waals surface area contributed by atoms with Crippen LogP contribution in [0.4, 0.5) is 10.5 Å². The van der Waals surface area contributed by atoms with E-state index in [-0.39, 0.29) is 18.0 Å². The van der Waals surface area contributed by atoms with Crippen LogP contribution in [0.2, 0.25) is 10.0 Å². The summed E-state index contributed by atoms with van der Waals surface area (Å²) in [5.41, 5.74) is 4.15. The fourth-order valence-corrected chi connectivity index (χ4v) is 4.53. The molecule has 28 heavy (non-hydrogen) atoms. The Morgan fingerprint density at radius 1 is 1.25 bits per heavy atom. The van der Waals surface area contributed by atoms with Gasteiger partial charge in [0.05, 0.1) is 12.6 Å². The molecule has 2 amide bonds. The van der Waals surface area contributed by atoms with Crippen molar-refractivity contribution in [3.63, 3.8) is 0 Å². The molecule has 0 bridgehead atoms. The number of hydrogen-bond acceptors (Lipinski definition) is 3. The molecule has 0 saturated carbocycles. The second kappa shape index (κ2) is 8.29. The largest absolute Gasteiger partial charge is 0.379 e. The Kier molecular flexibility index (Phi) is 5.78. The van der Waals surface area contributed by atoms with Gasteiger partial charge in [-0.15, -0.1) is 0 Å². The van der Waals surface area contributed by atoms with Crippen LogP contribution in [-0.2, 0) is 11.3 Å². The van der Waals surface area contributed by atoms with Crippen molar-refractivity contribution >= 4 is 34.9 Å². The zero-order valence-corrected chi connectivity index (χ0v) is 17.2. The standard InChI is InChI=1S/C21H23Cl2N3O2/c1-26-10-18(17-8-14(22)9-20(23)19(17)11-26)13-3-2-4-15(7-13)24-21(27)25-16-5-6-28-12-16/h2-4,7-9,16,18H,5-6,10-12H2,1H3,(H2,24,25,27). The van der Waals surface area contributed by atoms with Crippen LogP contribution >= 0.6 is 23.2 Å². The summed E-state index contributed by atoms with van der Waals surface area (Å²) in [6, 6.07) is 11.6. The summed E-state index contributed by atoms with van der Waals surface area (Å²) in [5.74, 6) is 0.137. The number of benzene rings is 2. The number of nitrogens with zero attached hydrogens (tertiary/aromatic N) is 1. The Morgan fingerprint density at radius 2 is 2.11 bits per heavy atom. The van der Waals surface area contributed by atoms with E-state index in [2.05, 4.69) is 28.6 Å². The second-order valence-electron chi connectivity index (χ2n) is 7.49. The molecule has 2 aromatic rings. The van der Waals surface area contributed by atoms with Gasteiger partial charge in [-0.2, -0.15) is 0 Å². The highest BCUT2D eigenvalue weighted by Gasteiger charge is 2.27. The SMILES string of the molecule is CN1Cc2c(Cl)cc(Cl)cc2C(c2cccc(NC(=O)NC3CCOC3)c2)C1. The van der Waals surface area contributed by atoms with Gasteiger partial charge < -0.3 is 20.3 Å². The van der Waals surface area contributed by atoms with Crippen LogP contribution in [0.25, 0.3) is 0 Å². The zero-order valence-electron chi connectivity index (χ0n) is 15.7. The topological polar surface area (TPSA) is 53.6 Å². The van der Waals surface area contributed by atoms with Crippen molar-refractivity contribution in [2.45, 2.75) is 24.9 Å². The summed E-state index contributed by atoms with van der Waals surface area (Å²) < 4.78 is 5.30. The van der Waals surface area contributed by atoms with Crippen LogP contribution in [0.3, 0.4) is 0 Å². The molecule has 0 aromatic heterocycles. The number of urea groups is 1. The fraction of sp³-hybridized carbons (Fsp3) is 0.381. The van der Waals surface area contributed by atoms with Crippen molar-refractivity contribution in [1.29, 1.82) is 0 Å². The van der Waals surface area contributed by atoms with Gasteiger partial charge in [0.25, 0.3) is 0 Å². The highest BCUT2D eigenvalue weighted by molar-refractivity contribution is 6.35. The molecule has 2 atom stereocenters. The highest BCUT2D eigenvalue weighted by atomic mass is 35.5. The van der Waals surface area contributed by atoms with E-state index in [1.54, 1.807) is 6.07 Å². The van der Waals surface area contributed by atoms with Crippen molar-refractivity contribution in [2.24, 2.45) is 0 Å². The molecule has 0 spiro atoms. The molecule has 5 nitrogen and oxygen atoms in total. The number of hydrogen-bond donors (Lipinski definition) is 2. The van der Waals surface area contributed by atoms with Crippen molar-refractivity contribution < 1.29 is 9.53 Å². The lowest BCUT2D eigenvalue weighted by atomic mass is 9.84. The minimum atomic E-state index is -0.208. The van der Waals surface area contributed by atoms with E-state index in [9.17, 15) is 4.79 Å². The van der Waals surface area contributed by atoms with E-state index < -0.39 is 0 Å². The first kappa shape index (κ1) is 19.5. The van der Waals surface area contributed by atoms with E-state index in [1.807, 2.05) is 24.3 Å². The summed E-state index contributed by atoms with van der Waals surface area (Å²) in [4.78, 5) is 14.5. The number of carbonyl (C=O) groups is 1. The maximum absolute atomic E-state index is 12.3. The number of rotatable bonds is 3. The number of amides is 2. The number of likely N-dealkylation sites (N-methyl/N-ethyl adjacent to an activating group) is 1. The van der Waals surface area contributed by atoms with Crippen molar-refractivity contribution in [1.82, 2.24) is 10.2 Å². The van der Waals surface area contributed by atoms with Gasteiger partial charge in [-0.05, 0) is 54.4 Å². The maximum Gasteiger partial charge on any atom is 0.319 e. The number of carbonyl (C=O) groups excluding carboxylic acids is 1. The molecular formula is C21H23Cl2N3O2. The van der Waals surface area contributed by atoms with Gasteiger partial charge in [0.2, 0.25) is 0 Å². The molecule has 1 fully saturated rings. The lowest BCUT2D eigenvalue weighted by Crippen LogP contribution is -2.38. The van der Waals surface area contributed by atoms with Gasteiger partial charge in [-0.25, -0.2) is 4.79 Å². The lowest BCUT2D eigenvalue weighted by Gasteiger charge is -2.33. The number of anilines is 1. The van der Waals surface area contributed by atoms with E-state index in [4.69, 9.17) is 27.9 Å². The third-order valence-electron chi connectivity index (χ3n) is 5.30. The van der Waals surface area contributed by atoms with Gasteiger partial charge in [0.1, 0.15) is 0 Å². The molecule has 2 unspecified atom stereocenters. The van der Waals surface area contributed by atoms with Crippen LogP contribution < -0.4 is 10.6 Å². The first-order chi connectivity index (χ1) is 13.5. The van der Waals surface area contributed by atoms with E-state index >= 15 is 0 Å². The molecule has 7 heteroatoms. The molecule has 2 heterocycles. The Labute approximate surface area is 175 Å². The van der Waals surface area contributed by atoms with E-state index in [0.717, 1.165) is 41.9 Å². The third-order valence-corrected chi connectivity index (χ3v) is 5.86.